The summed E-state index contributed by atoms with van der Waals surface area (Å²) in [7, 11) is -2.61. The Morgan fingerprint density at radius 1 is 0.773 bits per heavy atom. The average molecular weight is 335 g/mol. The van der Waals surface area contributed by atoms with E-state index in [0.717, 1.165) is 71.3 Å². The van der Waals surface area contributed by atoms with Crippen LogP contribution in [0.1, 0.15) is 65.7 Å². The van der Waals surface area contributed by atoms with E-state index in [0.29, 0.717) is 12.7 Å². The van der Waals surface area contributed by atoms with Gasteiger partial charge in [-0.25, -0.2) is 0 Å². The lowest BCUT2D eigenvalue weighted by molar-refractivity contribution is 0.0552. The Bertz CT molecular complexity index is 207. The molecule has 0 aromatic rings. The molecule has 0 aliphatic carbocycles. The minimum absolute atomic E-state index is 0.685. The van der Waals surface area contributed by atoms with Crippen LogP contribution in [-0.2, 0) is 13.3 Å². The maximum atomic E-state index is 6.14. The molecule has 0 saturated heterocycles. The first-order chi connectivity index (χ1) is 10.7. The summed E-state index contributed by atoms with van der Waals surface area (Å²) in [5.41, 5.74) is 5.55. The molecule has 0 aliphatic rings. The third-order valence-electron chi connectivity index (χ3n) is 3.36. The largest absolute Gasteiger partial charge is 0.515 e. The van der Waals surface area contributed by atoms with E-state index in [9.17, 15) is 0 Å². The fourth-order valence-corrected chi connectivity index (χ4v) is 4.27. The van der Waals surface area contributed by atoms with Gasteiger partial charge in [0, 0.05) is 19.8 Å². The molecule has 0 spiro atoms. The van der Waals surface area contributed by atoms with E-state index in [1.165, 1.54) is 0 Å². The van der Waals surface area contributed by atoms with Crippen LogP contribution in [0.4, 0.5) is 0 Å². The fourth-order valence-electron chi connectivity index (χ4n) is 1.86. The molecule has 0 aromatic carbocycles. The second-order valence-corrected chi connectivity index (χ2v) is 8.19. The van der Waals surface area contributed by atoms with Crippen molar-refractivity contribution < 1.29 is 13.3 Å². The van der Waals surface area contributed by atoms with Gasteiger partial charge in [-0.3, -0.25) is 0 Å². The summed E-state index contributed by atoms with van der Waals surface area (Å²) in [6.07, 6.45) is 8.15. The summed E-state index contributed by atoms with van der Waals surface area (Å²) < 4.78 is 18.4. The van der Waals surface area contributed by atoms with Gasteiger partial charge >= 0.3 is 8.80 Å². The van der Waals surface area contributed by atoms with Gasteiger partial charge in [0.1, 0.15) is 0 Å². The summed E-state index contributed by atoms with van der Waals surface area (Å²) in [5.74, 6) is 0. The summed E-state index contributed by atoms with van der Waals surface area (Å²) in [6.45, 7) is 10.3. The van der Waals surface area contributed by atoms with Gasteiger partial charge < -0.3 is 24.3 Å². The van der Waals surface area contributed by atoms with Crippen LogP contribution in [0.25, 0.3) is 0 Å². The predicted molar refractivity (Wildman–Crippen MR) is 94.9 cm³/mol. The van der Waals surface area contributed by atoms with E-state index < -0.39 is 8.80 Å². The Morgan fingerprint density at radius 3 is 1.59 bits per heavy atom. The van der Waals surface area contributed by atoms with Gasteiger partial charge in [0.15, 0.2) is 0 Å². The number of unbranched alkanes of at least 4 members (excludes halogenated alkanes) is 3. The molecule has 0 atom stereocenters. The number of hydrogen-bond acceptors (Lipinski definition) is 5. The van der Waals surface area contributed by atoms with Crippen molar-refractivity contribution in [1.82, 2.24) is 5.32 Å². The topological polar surface area (TPSA) is 65.7 Å². The summed E-state index contributed by atoms with van der Waals surface area (Å²) in [4.78, 5) is 0. The van der Waals surface area contributed by atoms with E-state index >= 15 is 0 Å². The lowest BCUT2D eigenvalue weighted by Gasteiger charge is -2.30. The van der Waals surface area contributed by atoms with Gasteiger partial charge in [-0.15, -0.1) is 0 Å². The second-order valence-electron chi connectivity index (χ2n) is 5.61. The molecule has 6 heteroatoms. The van der Waals surface area contributed by atoms with E-state index in [1.807, 2.05) is 0 Å². The van der Waals surface area contributed by atoms with Gasteiger partial charge in [0.2, 0.25) is 0 Å². The highest BCUT2D eigenvalue weighted by atomic mass is 28.4. The zero-order valence-electron chi connectivity index (χ0n) is 15.0. The molecule has 0 radical (unpaired) electrons. The summed E-state index contributed by atoms with van der Waals surface area (Å²) in [5, 5.41) is 3.41. The van der Waals surface area contributed by atoms with Gasteiger partial charge in [0.05, 0.1) is 6.17 Å². The van der Waals surface area contributed by atoms with Crippen molar-refractivity contribution >= 4 is 8.80 Å². The maximum Gasteiger partial charge on any atom is 0.515 e. The first-order valence-electron chi connectivity index (χ1n) is 9.07. The average Bonchev–Trinajstić information content (AvgIpc) is 2.52. The van der Waals surface area contributed by atoms with Crippen molar-refractivity contribution in [1.29, 1.82) is 0 Å². The molecular weight excluding hydrogens is 296 g/mol. The molecular formula is C16H38N2O3Si. The Balaban J connectivity index is 4.53. The molecule has 0 heterocycles. The number of rotatable bonds is 17. The van der Waals surface area contributed by atoms with Crippen molar-refractivity contribution in [2.24, 2.45) is 5.73 Å². The Hall–Kier alpha value is 0.0169. The first kappa shape index (κ1) is 22.0. The highest BCUT2D eigenvalue weighted by molar-refractivity contribution is 6.60. The molecule has 0 rings (SSSR count). The quantitative estimate of drug-likeness (QED) is 0.316. The van der Waals surface area contributed by atoms with E-state index in [-0.39, 0.29) is 0 Å². The Labute approximate surface area is 138 Å². The van der Waals surface area contributed by atoms with Gasteiger partial charge in [0.25, 0.3) is 0 Å². The number of nitrogens with two attached hydrogens (primary N) is 1. The predicted octanol–water partition coefficient (Wildman–Crippen LogP) is 2.85. The molecule has 0 saturated carbocycles. The Kier molecular flexibility index (Phi) is 15.9. The van der Waals surface area contributed by atoms with Crippen LogP contribution in [0.2, 0.25) is 0 Å². The second kappa shape index (κ2) is 15.9. The molecule has 0 aromatic heterocycles. The van der Waals surface area contributed by atoms with Crippen LogP contribution in [0.5, 0.6) is 0 Å². The zero-order valence-corrected chi connectivity index (χ0v) is 16.0. The van der Waals surface area contributed by atoms with Gasteiger partial charge in [-0.05, 0) is 38.8 Å². The molecule has 0 aliphatic heterocycles. The van der Waals surface area contributed by atoms with Crippen LogP contribution in [0.15, 0.2) is 0 Å². The van der Waals surface area contributed by atoms with Gasteiger partial charge in [-0.2, -0.15) is 0 Å². The monoisotopic (exact) mass is 334 g/mol. The van der Waals surface area contributed by atoms with Crippen molar-refractivity contribution in [3.8, 4) is 0 Å². The van der Waals surface area contributed by atoms with Crippen LogP contribution in [0, 0.1) is 0 Å². The highest BCUT2D eigenvalue weighted by Crippen LogP contribution is 2.12. The normalized spacial score (nSPS) is 12.0. The van der Waals surface area contributed by atoms with Crippen LogP contribution in [0.3, 0.4) is 0 Å². The SMILES string of the molecule is CCCCO[Si](CNCCCN)(OCCCC)OCCCC. The minimum Gasteiger partial charge on any atom is -0.373 e. The lowest BCUT2D eigenvalue weighted by Crippen LogP contribution is -2.55. The minimum atomic E-state index is -2.61. The van der Waals surface area contributed by atoms with Crippen LogP contribution >= 0.6 is 0 Å². The number of hydrogen-bond donors (Lipinski definition) is 2. The van der Waals surface area contributed by atoms with E-state index in [4.69, 9.17) is 19.0 Å². The highest BCUT2D eigenvalue weighted by Gasteiger charge is 2.40. The van der Waals surface area contributed by atoms with Crippen LogP contribution < -0.4 is 11.1 Å². The fraction of sp³-hybridized carbons (Fsp3) is 1.00. The van der Waals surface area contributed by atoms with E-state index in [2.05, 4.69) is 26.1 Å². The molecule has 0 fully saturated rings. The van der Waals surface area contributed by atoms with Gasteiger partial charge in [-0.1, -0.05) is 40.0 Å². The summed E-state index contributed by atoms with van der Waals surface area (Å²) in [6, 6.07) is 0. The smallest absolute Gasteiger partial charge is 0.373 e. The van der Waals surface area contributed by atoms with Crippen molar-refractivity contribution in [2.75, 3.05) is 39.1 Å². The molecule has 5 nitrogen and oxygen atoms in total. The Morgan fingerprint density at radius 2 is 1.23 bits per heavy atom. The lowest BCUT2D eigenvalue weighted by atomic mass is 10.4. The third kappa shape index (κ3) is 11.6. The number of nitrogens with one attached hydrogen (secondary N) is 1. The molecule has 3 N–H and O–H groups in total. The zero-order chi connectivity index (χ0) is 16.5. The maximum absolute atomic E-state index is 6.14. The molecule has 0 amide bonds. The first-order valence-corrected chi connectivity index (χ1v) is 11.0. The third-order valence-corrected chi connectivity index (χ3v) is 5.97. The van der Waals surface area contributed by atoms with Crippen molar-refractivity contribution in [2.45, 2.75) is 65.7 Å². The summed E-state index contributed by atoms with van der Waals surface area (Å²) >= 11 is 0. The van der Waals surface area contributed by atoms with Crippen molar-refractivity contribution in [3.05, 3.63) is 0 Å². The molecule has 0 unspecified atom stereocenters. The molecule has 22 heavy (non-hydrogen) atoms. The molecule has 0 bridgehead atoms. The standard InChI is InChI=1S/C16H38N2O3Si/c1-4-7-13-19-22(20-14-8-5-2,21-15-9-6-3)16-18-12-10-11-17/h18H,4-17H2,1-3H3. The van der Waals surface area contributed by atoms with Crippen LogP contribution in [-0.4, -0.2) is 47.9 Å². The van der Waals surface area contributed by atoms with E-state index in [1.54, 1.807) is 0 Å². The van der Waals surface area contributed by atoms with Crippen molar-refractivity contribution in [3.63, 3.8) is 0 Å². The molecule has 134 valence electrons.